The van der Waals surface area contributed by atoms with Crippen molar-refractivity contribution < 1.29 is 15.0 Å². The summed E-state index contributed by atoms with van der Waals surface area (Å²) in [6.45, 7) is 4.19. The van der Waals surface area contributed by atoms with Gasteiger partial charge in [0.1, 0.15) is 0 Å². The van der Waals surface area contributed by atoms with Crippen LogP contribution in [0.1, 0.15) is 181 Å². The molecule has 0 bridgehead atoms. The molecule has 4 heteroatoms. The van der Waals surface area contributed by atoms with Crippen LogP contribution in [0.2, 0.25) is 0 Å². The predicted molar refractivity (Wildman–Crippen MR) is 211 cm³/mol. The number of amides is 1. The second-order valence-electron chi connectivity index (χ2n) is 13.3. The molecule has 0 aromatic carbocycles. The quantitative estimate of drug-likeness (QED) is 0.0465. The molecule has 0 aliphatic rings. The fraction of sp³-hybridized carbons (Fsp3) is 0.705. The lowest BCUT2D eigenvalue weighted by Gasteiger charge is -2.19. The maximum atomic E-state index is 12.3. The Labute approximate surface area is 298 Å². The summed E-state index contributed by atoms with van der Waals surface area (Å²) in [6, 6.07) is -0.649. The van der Waals surface area contributed by atoms with Crippen molar-refractivity contribution >= 4 is 5.91 Å². The number of carbonyl (C=O) groups excluding carboxylic acids is 1. The minimum absolute atomic E-state index is 0.0877. The lowest BCUT2D eigenvalue weighted by Crippen LogP contribution is -2.45. The average molecular weight is 668 g/mol. The van der Waals surface area contributed by atoms with Crippen LogP contribution in [-0.2, 0) is 4.79 Å². The van der Waals surface area contributed by atoms with Gasteiger partial charge in [0.05, 0.1) is 18.8 Å². The Hall–Kier alpha value is -2.17. The third-order valence-corrected chi connectivity index (χ3v) is 8.62. The number of aliphatic hydroxyl groups is 2. The molecule has 276 valence electrons. The van der Waals surface area contributed by atoms with E-state index in [-0.39, 0.29) is 12.5 Å². The smallest absolute Gasteiger partial charge is 0.220 e. The van der Waals surface area contributed by atoms with Gasteiger partial charge in [0.25, 0.3) is 0 Å². The predicted octanol–water partition coefficient (Wildman–Crippen LogP) is 12.3. The molecule has 0 fully saturated rings. The third kappa shape index (κ3) is 35.1. The normalized spacial score (nSPS) is 13.8. The molecule has 3 N–H and O–H groups in total. The van der Waals surface area contributed by atoms with Crippen molar-refractivity contribution in [3.63, 3.8) is 0 Å². The van der Waals surface area contributed by atoms with Crippen molar-refractivity contribution in [2.75, 3.05) is 6.61 Å². The SMILES string of the molecule is CCC/C=C/CC/C=C/CC/C=C/C(O)C(CO)NC(=O)CCCCCCCCCCCC/C=C\C/C=C\C/C=C\CCCCCCC. The van der Waals surface area contributed by atoms with Crippen LogP contribution in [-0.4, -0.2) is 34.9 Å². The van der Waals surface area contributed by atoms with Gasteiger partial charge in [-0.15, -0.1) is 0 Å². The number of hydrogen-bond acceptors (Lipinski definition) is 3. The first-order valence-corrected chi connectivity index (χ1v) is 20.2. The molecular formula is C44H77NO3. The largest absolute Gasteiger partial charge is 0.394 e. The van der Waals surface area contributed by atoms with Crippen LogP contribution in [0.5, 0.6) is 0 Å². The molecule has 0 aromatic heterocycles. The Morgan fingerprint density at radius 1 is 0.500 bits per heavy atom. The first kappa shape index (κ1) is 45.8. The van der Waals surface area contributed by atoms with Crippen molar-refractivity contribution in [1.82, 2.24) is 5.32 Å². The fourth-order valence-electron chi connectivity index (χ4n) is 5.52. The van der Waals surface area contributed by atoms with E-state index in [0.717, 1.165) is 57.8 Å². The lowest BCUT2D eigenvalue weighted by atomic mass is 10.0. The van der Waals surface area contributed by atoms with E-state index in [9.17, 15) is 15.0 Å². The number of carbonyl (C=O) groups is 1. The van der Waals surface area contributed by atoms with Crippen LogP contribution < -0.4 is 5.32 Å². The molecule has 4 nitrogen and oxygen atoms in total. The number of rotatable bonds is 35. The molecular weight excluding hydrogens is 590 g/mol. The number of nitrogens with one attached hydrogen (secondary N) is 1. The van der Waals surface area contributed by atoms with Gasteiger partial charge in [0.2, 0.25) is 5.91 Å². The third-order valence-electron chi connectivity index (χ3n) is 8.62. The molecule has 0 aliphatic heterocycles. The Morgan fingerprint density at radius 3 is 1.42 bits per heavy atom. The minimum atomic E-state index is -0.873. The molecule has 0 saturated carbocycles. The van der Waals surface area contributed by atoms with Crippen LogP contribution in [0.3, 0.4) is 0 Å². The zero-order valence-corrected chi connectivity index (χ0v) is 31.5. The van der Waals surface area contributed by atoms with Crippen LogP contribution >= 0.6 is 0 Å². The van der Waals surface area contributed by atoms with Crippen LogP contribution in [0.15, 0.2) is 72.9 Å². The van der Waals surface area contributed by atoms with Gasteiger partial charge in [0.15, 0.2) is 0 Å². The highest BCUT2D eigenvalue weighted by Crippen LogP contribution is 2.13. The molecule has 0 saturated heterocycles. The summed E-state index contributed by atoms with van der Waals surface area (Å²) in [5, 5.41) is 22.8. The monoisotopic (exact) mass is 668 g/mol. The molecule has 0 aromatic rings. The first-order chi connectivity index (χ1) is 23.7. The van der Waals surface area contributed by atoms with Crippen molar-refractivity contribution in [1.29, 1.82) is 0 Å². The van der Waals surface area contributed by atoms with Crippen LogP contribution in [0, 0.1) is 0 Å². The topological polar surface area (TPSA) is 69.6 Å². The van der Waals surface area contributed by atoms with E-state index in [1.807, 2.05) is 6.08 Å². The van der Waals surface area contributed by atoms with E-state index in [0.29, 0.717) is 6.42 Å². The summed E-state index contributed by atoms with van der Waals surface area (Å²) in [7, 11) is 0. The number of aliphatic hydroxyl groups excluding tert-OH is 2. The van der Waals surface area contributed by atoms with E-state index in [2.05, 4.69) is 79.9 Å². The molecule has 2 atom stereocenters. The zero-order chi connectivity index (χ0) is 35.0. The molecule has 0 aliphatic carbocycles. The van der Waals surface area contributed by atoms with Gasteiger partial charge < -0.3 is 15.5 Å². The summed E-state index contributed by atoms with van der Waals surface area (Å²) in [4.78, 5) is 12.3. The summed E-state index contributed by atoms with van der Waals surface area (Å²) >= 11 is 0. The number of allylic oxidation sites excluding steroid dienone is 11. The maximum absolute atomic E-state index is 12.3. The highest BCUT2D eigenvalue weighted by atomic mass is 16.3. The lowest BCUT2D eigenvalue weighted by molar-refractivity contribution is -0.123. The highest BCUT2D eigenvalue weighted by molar-refractivity contribution is 5.76. The Morgan fingerprint density at radius 2 is 0.917 bits per heavy atom. The minimum Gasteiger partial charge on any atom is -0.394 e. The molecule has 0 radical (unpaired) electrons. The highest BCUT2D eigenvalue weighted by Gasteiger charge is 2.17. The summed E-state index contributed by atoms with van der Waals surface area (Å²) in [6.07, 6.45) is 55.7. The van der Waals surface area contributed by atoms with Crippen LogP contribution in [0.4, 0.5) is 0 Å². The van der Waals surface area contributed by atoms with Gasteiger partial charge in [-0.05, 0) is 77.0 Å². The van der Waals surface area contributed by atoms with Gasteiger partial charge >= 0.3 is 0 Å². The van der Waals surface area contributed by atoms with E-state index < -0.39 is 12.1 Å². The second kappa shape index (κ2) is 39.3. The maximum Gasteiger partial charge on any atom is 0.220 e. The summed E-state index contributed by atoms with van der Waals surface area (Å²) in [5.41, 5.74) is 0. The van der Waals surface area contributed by atoms with Crippen LogP contribution in [0.25, 0.3) is 0 Å². The summed E-state index contributed by atoms with van der Waals surface area (Å²) in [5.74, 6) is -0.0877. The average Bonchev–Trinajstić information content (AvgIpc) is 3.09. The second-order valence-corrected chi connectivity index (χ2v) is 13.3. The van der Waals surface area contributed by atoms with Gasteiger partial charge in [-0.1, -0.05) is 170 Å². The van der Waals surface area contributed by atoms with E-state index >= 15 is 0 Å². The fourth-order valence-corrected chi connectivity index (χ4v) is 5.52. The Balaban J connectivity index is 3.62. The van der Waals surface area contributed by atoms with Crippen molar-refractivity contribution in [3.05, 3.63) is 72.9 Å². The molecule has 0 spiro atoms. The van der Waals surface area contributed by atoms with Gasteiger partial charge in [-0.2, -0.15) is 0 Å². The number of unbranched alkanes of at least 4 members (excludes halogenated alkanes) is 18. The Bertz CT molecular complexity index is 853. The molecule has 0 rings (SSSR count). The van der Waals surface area contributed by atoms with E-state index in [1.165, 1.54) is 103 Å². The van der Waals surface area contributed by atoms with Gasteiger partial charge in [-0.3, -0.25) is 4.79 Å². The molecule has 2 unspecified atom stereocenters. The molecule has 48 heavy (non-hydrogen) atoms. The number of hydrogen-bond donors (Lipinski definition) is 3. The first-order valence-electron chi connectivity index (χ1n) is 20.2. The van der Waals surface area contributed by atoms with Crippen molar-refractivity contribution in [3.8, 4) is 0 Å². The summed E-state index contributed by atoms with van der Waals surface area (Å²) < 4.78 is 0. The van der Waals surface area contributed by atoms with E-state index in [4.69, 9.17) is 0 Å². The Kier molecular flexibility index (Phi) is 37.5. The molecule has 1 amide bonds. The van der Waals surface area contributed by atoms with Gasteiger partial charge in [0, 0.05) is 6.42 Å². The van der Waals surface area contributed by atoms with Gasteiger partial charge in [-0.25, -0.2) is 0 Å². The molecule has 0 heterocycles. The van der Waals surface area contributed by atoms with E-state index in [1.54, 1.807) is 6.08 Å². The standard InChI is InChI=1S/C44H77NO3/c1-3-5-7-9-11-13-15-16-17-18-19-20-21-22-23-24-25-26-27-28-30-32-34-36-38-40-44(48)45-42(41-46)43(47)39-37-35-33-31-29-14-12-10-8-6-4-2/h8,10,15-16,18-19,21-22,29,31,37,39,42-43,46-47H,3-7,9,11-14,17,20,23-28,30,32-36,38,40-41H2,1-2H3,(H,45,48)/b10-8+,16-15-,19-18-,22-21-,31-29+,39-37+. The van der Waals surface area contributed by atoms with Crippen molar-refractivity contribution in [2.24, 2.45) is 0 Å². The zero-order valence-electron chi connectivity index (χ0n) is 31.5. The van der Waals surface area contributed by atoms with Crippen molar-refractivity contribution in [2.45, 2.75) is 193 Å².